The first-order chi connectivity index (χ1) is 8.27. The quantitative estimate of drug-likeness (QED) is 0.742. The third-order valence-corrected chi connectivity index (χ3v) is 3.17. The summed E-state index contributed by atoms with van der Waals surface area (Å²) >= 11 is 0. The number of nitrogens with zero attached hydrogens (tertiary/aromatic N) is 1. The lowest BCUT2D eigenvalue weighted by Crippen LogP contribution is -2.25. The minimum atomic E-state index is 0.141. The van der Waals surface area contributed by atoms with Crippen LogP contribution in [0, 0.1) is 0 Å². The Morgan fingerprint density at radius 2 is 1.76 bits per heavy atom. The molecule has 1 aliphatic rings. The Balaban J connectivity index is 2.22. The fourth-order valence-corrected chi connectivity index (χ4v) is 2.22. The maximum absolute atomic E-state index is 11.7. The molecule has 1 aromatic carbocycles. The minimum absolute atomic E-state index is 0.141. The van der Waals surface area contributed by atoms with Gasteiger partial charge in [0.1, 0.15) is 0 Å². The molecule has 0 aliphatic carbocycles. The van der Waals surface area contributed by atoms with Crippen LogP contribution in [0.1, 0.15) is 31.7 Å². The predicted octanol–water partition coefficient (Wildman–Crippen LogP) is 3.10. The van der Waals surface area contributed by atoms with Gasteiger partial charge in [0.05, 0.1) is 0 Å². The van der Waals surface area contributed by atoms with Crippen molar-refractivity contribution in [2.24, 2.45) is 0 Å². The molecule has 0 atom stereocenters. The van der Waals surface area contributed by atoms with Crippen molar-refractivity contribution in [2.45, 2.75) is 26.2 Å². The van der Waals surface area contributed by atoms with Crippen molar-refractivity contribution < 1.29 is 4.79 Å². The van der Waals surface area contributed by atoms with Gasteiger partial charge in [0.15, 0.2) is 5.78 Å². The van der Waals surface area contributed by atoms with Crippen LogP contribution in [0.25, 0.3) is 5.57 Å². The molecular weight excluding hydrogens is 210 g/mol. The van der Waals surface area contributed by atoms with E-state index in [0.717, 1.165) is 24.2 Å². The number of carbonyl (C=O) groups is 1. The van der Waals surface area contributed by atoms with Gasteiger partial charge in [-0.15, -0.1) is 0 Å². The van der Waals surface area contributed by atoms with Crippen molar-refractivity contribution in [2.75, 3.05) is 13.1 Å². The Bertz CT molecular complexity index is 402. The summed E-state index contributed by atoms with van der Waals surface area (Å²) in [4.78, 5) is 14.0. The number of benzene rings is 1. The van der Waals surface area contributed by atoms with Crippen molar-refractivity contribution in [3.8, 4) is 0 Å². The largest absolute Gasteiger partial charge is 0.377 e. The zero-order valence-electron chi connectivity index (χ0n) is 10.4. The fourth-order valence-electron chi connectivity index (χ4n) is 2.22. The third kappa shape index (κ3) is 3.19. The number of hydrogen-bond acceptors (Lipinski definition) is 2. The first-order valence-corrected chi connectivity index (χ1v) is 6.29. The van der Waals surface area contributed by atoms with E-state index in [1.807, 2.05) is 36.5 Å². The van der Waals surface area contributed by atoms with Crippen LogP contribution in [0.15, 0.2) is 36.5 Å². The summed E-state index contributed by atoms with van der Waals surface area (Å²) in [6.45, 7) is 3.79. The van der Waals surface area contributed by atoms with E-state index in [0.29, 0.717) is 0 Å². The van der Waals surface area contributed by atoms with Crippen molar-refractivity contribution in [3.05, 3.63) is 42.1 Å². The van der Waals surface area contributed by atoms with Gasteiger partial charge in [-0.25, -0.2) is 0 Å². The molecule has 0 spiro atoms. The molecule has 90 valence electrons. The Kier molecular flexibility index (Phi) is 3.97. The van der Waals surface area contributed by atoms with E-state index in [1.165, 1.54) is 19.3 Å². The topological polar surface area (TPSA) is 20.3 Å². The standard InChI is InChI=1S/C15H19NO/c1-13(17)15(14-8-4-2-5-9-14)12-16-10-6-3-7-11-16/h2,4-5,8-9,12H,3,6-7,10-11H2,1H3/b15-12+. The first kappa shape index (κ1) is 11.9. The summed E-state index contributed by atoms with van der Waals surface area (Å²) in [6, 6.07) is 9.92. The first-order valence-electron chi connectivity index (χ1n) is 6.29. The smallest absolute Gasteiger partial charge is 0.161 e. The third-order valence-electron chi connectivity index (χ3n) is 3.17. The van der Waals surface area contributed by atoms with Gasteiger partial charge in [-0.1, -0.05) is 30.3 Å². The summed E-state index contributed by atoms with van der Waals surface area (Å²) < 4.78 is 0. The monoisotopic (exact) mass is 229 g/mol. The number of allylic oxidation sites excluding steroid dienone is 1. The van der Waals surface area contributed by atoms with Crippen LogP contribution < -0.4 is 0 Å². The molecule has 1 aromatic rings. The fraction of sp³-hybridized carbons (Fsp3) is 0.400. The number of carbonyl (C=O) groups excluding carboxylic acids is 1. The Morgan fingerprint density at radius 3 is 2.35 bits per heavy atom. The van der Waals surface area contributed by atoms with Crippen molar-refractivity contribution in [3.63, 3.8) is 0 Å². The maximum atomic E-state index is 11.7. The highest BCUT2D eigenvalue weighted by Crippen LogP contribution is 2.18. The number of Topliss-reactive ketones (excluding diaryl/α,β-unsaturated/α-hetero) is 1. The van der Waals surface area contributed by atoms with Crippen LogP contribution in [-0.2, 0) is 4.79 Å². The van der Waals surface area contributed by atoms with Crippen molar-refractivity contribution in [1.29, 1.82) is 0 Å². The SMILES string of the molecule is CC(=O)/C(=C\N1CCCCC1)c1ccccc1. The second-order valence-corrected chi connectivity index (χ2v) is 4.56. The molecule has 1 heterocycles. The average Bonchev–Trinajstić information content (AvgIpc) is 2.38. The average molecular weight is 229 g/mol. The lowest BCUT2D eigenvalue weighted by molar-refractivity contribution is -0.111. The number of rotatable bonds is 3. The van der Waals surface area contributed by atoms with Gasteiger partial charge >= 0.3 is 0 Å². The lowest BCUT2D eigenvalue weighted by atomic mass is 10.0. The summed E-state index contributed by atoms with van der Waals surface area (Å²) in [5.41, 5.74) is 1.85. The molecule has 0 amide bonds. The molecule has 2 heteroatoms. The van der Waals surface area contributed by atoms with Gasteiger partial charge in [-0.05, 0) is 31.7 Å². The van der Waals surface area contributed by atoms with Crippen LogP contribution in [0.2, 0.25) is 0 Å². The molecule has 2 nitrogen and oxygen atoms in total. The number of likely N-dealkylation sites (tertiary alicyclic amines) is 1. The summed E-state index contributed by atoms with van der Waals surface area (Å²) in [7, 11) is 0. The number of ketones is 1. The molecule has 17 heavy (non-hydrogen) atoms. The summed E-state index contributed by atoms with van der Waals surface area (Å²) in [5, 5.41) is 0. The maximum Gasteiger partial charge on any atom is 0.161 e. The lowest BCUT2D eigenvalue weighted by Gasteiger charge is -2.26. The van der Waals surface area contributed by atoms with Crippen molar-refractivity contribution >= 4 is 11.4 Å². The number of hydrogen-bond donors (Lipinski definition) is 0. The second kappa shape index (κ2) is 5.67. The molecule has 0 N–H and O–H groups in total. The van der Waals surface area contributed by atoms with E-state index in [2.05, 4.69) is 4.90 Å². The van der Waals surface area contributed by atoms with Crippen LogP contribution in [0.3, 0.4) is 0 Å². The van der Waals surface area contributed by atoms with Crippen LogP contribution >= 0.6 is 0 Å². The van der Waals surface area contributed by atoms with Gasteiger partial charge < -0.3 is 4.90 Å². The summed E-state index contributed by atoms with van der Waals surface area (Å²) in [5.74, 6) is 0.141. The molecular formula is C15H19NO. The van der Waals surface area contributed by atoms with Gasteiger partial charge in [0.25, 0.3) is 0 Å². The molecule has 0 aromatic heterocycles. The molecule has 2 rings (SSSR count). The highest BCUT2D eigenvalue weighted by atomic mass is 16.1. The van der Waals surface area contributed by atoms with Gasteiger partial charge in [0, 0.05) is 24.9 Å². The summed E-state index contributed by atoms with van der Waals surface area (Å²) in [6.07, 6.45) is 5.81. The van der Waals surface area contributed by atoms with E-state index in [9.17, 15) is 4.79 Å². The highest BCUT2D eigenvalue weighted by molar-refractivity contribution is 6.19. The molecule has 0 unspecified atom stereocenters. The van der Waals surface area contributed by atoms with E-state index in [1.54, 1.807) is 6.92 Å². The van der Waals surface area contributed by atoms with Gasteiger partial charge in [-0.3, -0.25) is 4.79 Å². The predicted molar refractivity (Wildman–Crippen MR) is 70.5 cm³/mol. The van der Waals surface area contributed by atoms with Crippen LogP contribution in [0.4, 0.5) is 0 Å². The molecule has 0 radical (unpaired) electrons. The Hall–Kier alpha value is -1.57. The number of piperidine rings is 1. The molecule has 1 saturated heterocycles. The normalized spacial score (nSPS) is 17.0. The minimum Gasteiger partial charge on any atom is -0.377 e. The molecule has 1 aliphatic heterocycles. The Morgan fingerprint density at radius 1 is 1.12 bits per heavy atom. The van der Waals surface area contributed by atoms with Crippen molar-refractivity contribution in [1.82, 2.24) is 4.90 Å². The molecule has 0 saturated carbocycles. The second-order valence-electron chi connectivity index (χ2n) is 4.56. The molecule has 1 fully saturated rings. The van der Waals surface area contributed by atoms with E-state index in [4.69, 9.17) is 0 Å². The Labute approximate surface area is 103 Å². The van der Waals surface area contributed by atoms with Gasteiger partial charge in [-0.2, -0.15) is 0 Å². The molecule has 0 bridgehead atoms. The van der Waals surface area contributed by atoms with E-state index >= 15 is 0 Å². The zero-order chi connectivity index (χ0) is 12.1. The van der Waals surface area contributed by atoms with E-state index < -0.39 is 0 Å². The van der Waals surface area contributed by atoms with Crippen LogP contribution in [-0.4, -0.2) is 23.8 Å². The highest BCUT2D eigenvalue weighted by Gasteiger charge is 2.11. The van der Waals surface area contributed by atoms with E-state index in [-0.39, 0.29) is 5.78 Å². The van der Waals surface area contributed by atoms with Gasteiger partial charge in [0.2, 0.25) is 0 Å². The van der Waals surface area contributed by atoms with Crippen LogP contribution in [0.5, 0.6) is 0 Å². The zero-order valence-corrected chi connectivity index (χ0v) is 10.4.